The standard InChI is InChI=1S/C16H18F3NS/c1-15(2,3)13-8-7-12(21-13)14(20)10-5-4-6-11(9-10)16(17,18)19/h4-9,14H,20H2,1-3H3. The minimum absolute atomic E-state index is 0.0104. The highest BCUT2D eigenvalue weighted by molar-refractivity contribution is 7.12. The van der Waals surface area contributed by atoms with E-state index in [9.17, 15) is 13.2 Å². The molecule has 0 aliphatic rings. The van der Waals surface area contributed by atoms with Gasteiger partial charge in [0.05, 0.1) is 11.6 Å². The average Bonchev–Trinajstić information content (AvgIpc) is 2.86. The zero-order chi connectivity index (χ0) is 15.8. The van der Waals surface area contributed by atoms with E-state index >= 15 is 0 Å². The first-order chi connectivity index (χ1) is 9.59. The molecule has 1 heterocycles. The van der Waals surface area contributed by atoms with Crippen LogP contribution in [-0.4, -0.2) is 0 Å². The van der Waals surface area contributed by atoms with E-state index in [0.717, 1.165) is 17.0 Å². The highest BCUT2D eigenvalue weighted by Gasteiger charge is 2.31. The largest absolute Gasteiger partial charge is 0.416 e. The molecule has 114 valence electrons. The van der Waals surface area contributed by atoms with Crippen LogP contribution < -0.4 is 5.73 Å². The topological polar surface area (TPSA) is 26.0 Å². The Kier molecular flexibility index (Phi) is 4.17. The molecule has 2 N–H and O–H groups in total. The van der Waals surface area contributed by atoms with E-state index in [1.165, 1.54) is 10.9 Å². The molecule has 0 bridgehead atoms. The maximum atomic E-state index is 12.8. The van der Waals surface area contributed by atoms with Crippen molar-refractivity contribution in [2.45, 2.75) is 38.4 Å². The van der Waals surface area contributed by atoms with Gasteiger partial charge in [-0.05, 0) is 35.2 Å². The Morgan fingerprint density at radius 2 is 1.71 bits per heavy atom. The summed E-state index contributed by atoms with van der Waals surface area (Å²) in [5.41, 5.74) is 5.95. The Labute approximate surface area is 126 Å². The Morgan fingerprint density at radius 1 is 1.05 bits per heavy atom. The van der Waals surface area contributed by atoms with Crippen molar-refractivity contribution in [1.29, 1.82) is 0 Å². The van der Waals surface area contributed by atoms with Crippen LogP contribution in [0.3, 0.4) is 0 Å². The second-order valence-electron chi connectivity index (χ2n) is 6.05. The Morgan fingerprint density at radius 3 is 2.24 bits per heavy atom. The molecule has 21 heavy (non-hydrogen) atoms. The number of halogens is 3. The highest BCUT2D eigenvalue weighted by atomic mass is 32.1. The van der Waals surface area contributed by atoms with Crippen molar-refractivity contribution in [1.82, 2.24) is 0 Å². The van der Waals surface area contributed by atoms with E-state index in [1.807, 2.05) is 12.1 Å². The van der Waals surface area contributed by atoms with E-state index in [4.69, 9.17) is 5.73 Å². The molecule has 0 radical (unpaired) electrons. The van der Waals surface area contributed by atoms with E-state index in [0.29, 0.717) is 5.56 Å². The molecular weight excluding hydrogens is 295 g/mol. The molecule has 1 unspecified atom stereocenters. The molecular formula is C16H18F3NS. The van der Waals surface area contributed by atoms with Crippen LogP contribution >= 0.6 is 11.3 Å². The third kappa shape index (κ3) is 3.66. The summed E-state index contributed by atoms with van der Waals surface area (Å²) >= 11 is 1.55. The molecule has 5 heteroatoms. The number of hydrogen-bond acceptors (Lipinski definition) is 2. The van der Waals surface area contributed by atoms with Gasteiger partial charge in [0.1, 0.15) is 0 Å². The van der Waals surface area contributed by atoms with Crippen LogP contribution in [0.5, 0.6) is 0 Å². The van der Waals surface area contributed by atoms with Gasteiger partial charge in [-0.25, -0.2) is 0 Å². The predicted molar refractivity (Wildman–Crippen MR) is 80.5 cm³/mol. The Balaban J connectivity index is 2.32. The summed E-state index contributed by atoms with van der Waals surface area (Å²) in [6, 6.07) is 8.58. The number of alkyl halides is 3. The third-order valence-corrected chi connectivity index (χ3v) is 4.84. The lowest BCUT2D eigenvalue weighted by Gasteiger charge is -2.16. The predicted octanol–water partition coefficient (Wildman–Crippen LogP) is 5.11. The Hall–Kier alpha value is -1.33. The lowest BCUT2D eigenvalue weighted by molar-refractivity contribution is -0.137. The Bertz CT molecular complexity index is 623. The molecule has 1 nitrogen and oxygen atoms in total. The first-order valence-corrected chi connectivity index (χ1v) is 7.43. The monoisotopic (exact) mass is 313 g/mol. The van der Waals surface area contributed by atoms with Crippen LogP contribution in [-0.2, 0) is 11.6 Å². The van der Waals surface area contributed by atoms with Crippen molar-refractivity contribution in [2.75, 3.05) is 0 Å². The summed E-state index contributed by atoms with van der Waals surface area (Å²) in [5.74, 6) is 0. The van der Waals surface area contributed by atoms with Gasteiger partial charge in [0.25, 0.3) is 0 Å². The quantitative estimate of drug-likeness (QED) is 0.819. The summed E-state index contributed by atoms with van der Waals surface area (Å²) in [6.45, 7) is 6.29. The molecule has 0 fully saturated rings. The molecule has 2 aromatic rings. The zero-order valence-corrected chi connectivity index (χ0v) is 13.0. The van der Waals surface area contributed by atoms with Gasteiger partial charge in [-0.1, -0.05) is 32.9 Å². The summed E-state index contributed by atoms with van der Waals surface area (Å²) < 4.78 is 38.3. The number of benzene rings is 1. The van der Waals surface area contributed by atoms with Gasteiger partial charge in [0.2, 0.25) is 0 Å². The molecule has 0 saturated carbocycles. The number of thiophene rings is 1. The van der Waals surface area contributed by atoms with Crippen molar-refractivity contribution < 1.29 is 13.2 Å². The summed E-state index contributed by atoms with van der Waals surface area (Å²) in [6.07, 6.45) is -4.35. The van der Waals surface area contributed by atoms with Gasteiger partial charge in [-0.15, -0.1) is 11.3 Å². The van der Waals surface area contributed by atoms with E-state index < -0.39 is 17.8 Å². The SMILES string of the molecule is CC(C)(C)c1ccc(C(N)c2cccc(C(F)(F)F)c2)s1. The van der Waals surface area contributed by atoms with Crippen molar-refractivity contribution >= 4 is 11.3 Å². The molecule has 0 aliphatic carbocycles. The first-order valence-electron chi connectivity index (χ1n) is 6.62. The van der Waals surface area contributed by atoms with Crippen LogP contribution in [0.1, 0.15) is 47.7 Å². The molecule has 0 amide bonds. The minimum Gasteiger partial charge on any atom is -0.320 e. The molecule has 0 spiro atoms. The van der Waals surface area contributed by atoms with Crippen molar-refractivity contribution in [2.24, 2.45) is 5.73 Å². The van der Waals surface area contributed by atoms with Crippen LogP contribution in [0.25, 0.3) is 0 Å². The van der Waals surface area contributed by atoms with Gasteiger partial charge in [0.15, 0.2) is 0 Å². The van der Waals surface area contributed by atoms with Crippen molar-refractivity contribution in [3.8, 4) is 0 Å². The van der Waals surface area contributed by atoms with Gasteiger partial charge in [-0.2, -0.15) is 13.2 Å². The molecule has 2 rings (SSSR count). The van der Waals surface area contributed by atoms with Crippen LogP contribution in [0.2, 0.25) is 0 Å². The van der Waals surface area contributed by atoms with Crippen molar-refractivity contribution in [3.63, 3.8) is 0 Å². The highest BCUT2D eigenvalue weighted by Crippen LogP contribution is 2.35. The maximum Gasteiger partial charge on any atom is 0.416 e. The fourth-order valence-electron chi connectivity index (χ4n) is 2.00. The molecule has 1 aromatic heterocycles. The third-order valence-electron chi connectivity index (χ3n) is 3.25. The van der Waals surface area contributed by atoms with Crippen LogP contribution in [0, 0.1) is 0 Å². The zero-order valence-electron chi connectivity index (χ0n) is 12.2. The fourth-order valence-corrected chi connectivity index (χ4v) is 3.09. The molecule has 1 atom stereocenters. The second-order valence-corrected chi connectivity index (χ2v) is 7.17. The second kappa shape index (κ2) is 5.46. The summed E-state index contributed by atoms with van der Waals surface area (Å²) in [4.78, 5) is 2.04. The summed E-state index contributed by atoms with van der Waals surface area (Å²) in [5, 5.41) is 0. The number of hydrogen-bond donors (Lipinski definition) is 1. The van der Waals surface area contributed by atoms with E-state index in [1.54, 1.807) is 17.4 Å². The summed E-state index contributed by atoms with van der Waals surface area (Å²) in [7, 11) is 0. The minimum atomic E-state index is -4.35. The van der Waals surface area contributed by atoms with Gasteiger partial charge < -0.3 is 5.73 Å². The molecule has 0 aliphatic heterocycles. The molecule has 0 saturated heterocycles. The first kappa shape index (κ1) is 16.0. The lowest BCUT2D eigenvalue weighted by atomic mass is 9.95. The van der Waals surface area contributed by atoms with Crippen LogP contribution in [0.15, 0.2) is 36.4 Å². The number of rotatable bonds is 2. The van der Waals surface area contributed by atoms with Gasteiger partial charge in [-0.3, -0.25) is 0 Å². The maximum absolute atomic E-state index is 12.8. The van der Waals surface area contributed by atoms with E-state index in [-0.39, 0.29) is 5.41 Å². The van der Waals surface area contributed by atoms with Gasteiger partial charge >= 0.3 is 6.18 Å². The normalized spacial score (nSPS) is 14.2. The smallest absolute Gasteiger partial charge is 0.320 e. The molecule has 1 aromatic carbocycles. The van der Waals surface area contributed by atoms with Gasteiger partial charge in [0, 0.05) is 9.75 Å². The van der Waals surface area contributed by atoms with E-state index in [2.05, 4.69) is 20.8 Å². The fraction of sp³-hybridized carbons (Fsp3) is 0.375. The van der Waals surface area contributed by atoms with Crippen LogP contribution in [0.4, 0.5) is 13.2 Å². The van der Waals surface area contributed by atoms with Crippen molar-refractivity contribution in [3.05, 3.63) is 57.3 Å². The number of nitrogens with two attached hydrogens (primary N) is 1. The average molecular weight is 313 g/mol. The lowest BCUT2D eigenvalue weighted by Crippen LogP contribution is -2.12.